The van der Waals surface area contributed by atoms with Crippen LogP contribution in [0.5, 0.6) is 5.75 Å². The molecule has 100 valence electrons. The maximum atomic E-state index is 5.45. The molecule has 2 rings (SSSR count). The number of benzene rings is 1. The van der Waals surface area contributed by atoms with Gasteiger partial charge in [0.2, 0.25) is 0 Å². The molecule has 1 aliphatic carbocycles. The second-order valence-corrected chi connectivity index (χ2v) is 5.41. The van der Waals surface area contributed by atoms with Crippen LogP contribution in [0.25, 0.3) is 0 Å². The van der Waals surface area contributed by atoms with Gasteiger partial charge in [-0.05, 0) is 55.8 Å². The van der Waals surface area contributed by atoms with Gasteiger partial charge in [-0.25, -0.2) is 0 Å². The zero-order valence-electron chi connectivity index (χ0n) is 12.0. The third-order valence-electron chi connectivity index (χ3n) is 4.09. The molecule has 1 aliphatic rings. The largest absolute Gasteiger partial charge is 0.496 e. The van der Waals surface area contributed by atoms with E-state index < -0.39 is 0 Å². The fourth-order valence-corrected chi connectivity index (χ4v) is 3.04. The van der Waals surface area contributed by atoms with Gasteiger partial charge in [-0.1, -0.05) is 25.5 Å². The van der Waals surface area contributed by atoms with Gasteiger partial charge in [0.25, 0.3) is 0 Å². The van der Waals surface area contributed by atoms with E-state index in [0.717, 1.165) is 18.2 Å². The number of rotatable bonds is 5. The third-order valence-corrected chi connectivity index (χ3v) is 4.09. The molecule has 0 heterocycles. The van der Waals surface area contributed by atoms with E-state index in [1.54, 1.807) is 7.11 Å². The minimum absolute atomic E-state index is 0.520. The lowest BCUT2D eigenvalue weighted by atomic mass is 9.76. The first kappa shape index (κ1) is 13.4. The molecule has 2 heteroatoms. The first-order valence-electron chi connectivity index (χ1n) is 7.05. The van der Waals surface area contributed by atoms with Gasteiger partial charge in [0.1, 0.15) is 5.75 Å². The Bertz CT molecular complexity index is 387. The zero-order valence-corrected chi connectivity index (χ0v) is 12.0. The van der Waals surface area contributed by atoms with Crippen LogP contribution in [-0.2, 0) is 0 Å². The van der Waals surface area contributed by atoms with Crippen LogP contribution in [0.4, 0.5) is 0 Å². The number of aryl methyl sites for hydroxylation is 2. The zero-order chi connectivity index (χ0) is 13.1. The van der Waals surface area contributed by atoms with Crippen molar-refractivity contribution in [1.29, 1.82) is 0 Å². The van der Waals surface area contributed by atoms with Gasteiger partial charge in [0.15, 0.2) is 0 Å². The highest BCUT2D eigenvalue weighted by Gasteiger charge is 2.28. The highest BCUT2D eigenvalue weighted by Crippen LogP contribution is 2.39. The van der Waals surface area contributed by atoms with Crippen LogP contribution in [0.15, 0.2) is 12.1 Å². The Morgan fingerprint density at radius 1 is 1.28 bits per heavy atom. The van der Waals surface area contributed by atoms with E-state index in [1.165, 1.54) is 36.0 Å². The summed E-state index contributed by atoms with van der Waals surface area (Å²) >= 11 is 0. The van der Waals surface area contributed by atoms with Gasteiger partial charge in [0.05, 0.1) is 7.11 Å². The van der Waals surface area contributed by atoms with E-state index in [0.29, 0.717) is 6.04 Å². The number of nitrogens with one attached hydrogen (secondary N) is 1. The fourth-order valence-electron chi connectivity index (χ4n) is 3.04. The van der Waals surface area contributed by atoms with Crippen LogP contribution >= 0.6 is 0 Å². The molecule has 0 spiro atoms. The first-order chi connectivity index (χ1) is 8.67. The molecule has 1 fully saturated rings. The Kier molecular flexibility index (Phi) is 4.28. The van der Waals surface area contributed by atoms with Crippen molar-refractivity contribution in [1.82, 2.24) is 5.32 Å². The molecule has 0 amide bonds. The summed E-state index contributed by atoms with van der Waals surface area (Å²) in [5.41, 5.74) is 3.92. The summed E-state index contributed by atoms with van der Waals surface area (Å²) in [5, 5.41) is 3.65. The summed E-state index contributed by atoms with van der Waals surface area (Å²) < 4.78 is 5.45. The van der Waals surface area contributed by atoms with Crippen molar-refractivity contribution in [2.75, 3.05) is 13.7 Å². The van der Waals surface area contributed by atoms with Crippen molar-refractivity contribution < 1.29 is 4.74 Å². The summed E-state index contributed by atoms with van der Waals surface area (Å²) in [5.74, 6) is 1.85. The molecule has 2 nitrogen and oxygen atoms in total. The summed E-state index contributed by atoms with van der Waals surface area (Å²) in [6, 6.07) is 5.10. The normalized spacial score (nSPS) is 17.3. The number of ether oxygens (including phenoxy) is 1. The van der Waals surface area contributed by atoms with Crippen LogP contribution in [0.1, 0.15) is 48.9 Å². The van der Waals surface area contributed by atoms with Gasteiger partial charge in [-0.3, -0.25) is 0 Å². The van der Waals surface area contributed by atoms with Crippen LogP contribution in [0.2, 0.25) is 0 Å². The Morgan fingerprint density at radius 3 is 2.28 bits per heavy atom. The van der Waals surface area contributed by atoms with Crippen molar-refractivity contribution in [3.8, 4) is 5.75 Å². The van der Waals surface area contributed by atoms with Crippen molar-refractivity contribution in [3.05, 3.63) is 28.8 Å². The van der Waals surface area contributed by atoms with E-state index in [9.17, 15) is 0 Å². The van der Waals surface area contributed by atoms with E-state index in [4.69, 9.17) is 4.74 Å². The highest BCUT2D eigenvalue weighted by atomic mass is 16.5. The number of hydrogen-bond acceptors (Lipinski definition) is 2. The molecule has 1 saturated carbocycles. The summed E-state index contributed by atoms with van der Waals surface area (Å²) in [6.07, 6.45) is 4.12. The molecule has 0 aromatic heterocycles. The maximum absolute atomic E-state index is 5.45. The lowest BCUT2D eigenvalue weighted by Crippen LogP contribution is -2.32. The smallest absolute Gasteiger partial charge is 0.124 e. The Morgan fingerprint density at radius 2 is 1.89 bits per heavy atom. The molecule has 0 radical (unpaired) electrons. The molecule has 1 aromatic rings. The minimum atomic E-state index is 0.520. The summed E-state index contributed by atoms with van der Waals surface area (Å²) in [4.78, 5) is 0. The number of methoxy groups -OCH3 is 1. The van der Waals surface area contributed by atoms with Gasteiger partial charge in [0, 0.05) is 6.04 Å². The van der Waals surface area contributed by atoms with E-state index in [2.05, 4.69) is 38.2 Å². The molecule has 1 unspecified atom stereocenters. The van der Waals surface area contributed by atoms with Crippen LogP contribution in [0, 0.1) is 19.8 Å². The average Bonchev–Trinajstić information content (AvgIpc) is 2.25. The van der Waals surface area contributed by atoms with Gasteiger partial charge in [-0.2, -0.15) is 0 Å². The SMILES string of the molecule is CCNC(c1cc(C)c(OC)c(C)c1)C1CCC1. The second kappa shape index (κ2) is 5.75. The number of hydrogen-bond donors (Lipinski definition) is 1. The van der Waals surface area contributed by atoms with Crippen molar-refractivity contribution in [3.63, 3.8) is 0 Å². The highest BCUT2D eigenvalue weighted by molar-refractivity contribution is 5.44. The quantitative estimate of drug-likeness (QED) is 0.855. The summed E-state index contributed by atoms with van der Waals surface area (Å²) in [6.45, 7) is 7.50. The fraction of sp³-hybridized carbons (Fsp3) is 0.625. The average molecular weight is 247 g/mol. The lowest BCUT2D eigenvalue weighted by molar-refractivity contribution is 0.233. The Balaban J connectivity index is 2.29. The van der Waals surface area contributed by atoms with Gasteiger partial charge < -0.3 is 10.1 Å². The molecule has 18 heavy (non-hydrogen) atoms. The van der Waals surface area contributed by atoms with E-state index in [1.807, 2.05) is 0 Å². The van der Waals surface area contributed by atoms with Crippen LogP contribution < -0.4 is 10.1 Å². The molecule has 0 saturated heterocycles. The summed E-state index contributed by atoms with van der Waals surface area (Å²) in [7, 11) is 1.75. The van der Waals surface area contributed by atoms with E-state index >= 15 is 0 Å². The standard InChI is InChI=1S/C16H25NO/c1-5-17-15(13-7-6-8-13)14-9-11(2)16(18-4)12(3)10-14/h9-10,13,15,17H,5-8H2,1-4H3. The van der Waals surface area contributed by atoms with Gasteiger partial charge in [-0.15, -0.1) is 0 Å². The maximum Gasteiger partial charge on any atom is 0.124 e. The van der Waals surface area contributed by atoms with Crippen LogP contribution in [0.3, 0.4) is 0 Å². The molecular formula is C16H25NO. The molecular weight excluding hydrogens is 222 g/mol. The Hall–Kier alpha value is -1.02. The molecule has 1 atom stereocenters. The second-order valence-electron chi connectivity index (χ2n) is 5.41. The van der Waals surface area contributed by atoms with Crippen molar-refractivity contribution in [2.45, 2.75) is 46.1 Å². The predicted molar refractivity (Wildman–Crippen MR) is 76.2 cm³/mol. The van der Waals surface area contributed by atoms with Crippen LogP contribution in [-0.4, -0.2) is 13.7 Å². The Labute approximate surface area is 111 Å². The minimum Gasteiger partial charge on any atom is -0.496 e. The van der Waals surface area contributed by atoms with Crippen molar-refractivity contribution in [2.24, 2.45) is 5.92 Å². The molecule has 1 aromatic carbocycles. The van der Waals surface area contributed by atoms with E-state index in [-0.39, 0.29) is 0 Å². The third kappa shape index (κ3) is 2.54. The topological polar surface area (TPSA) is 21.3 Å². The first-order valence-corrected chi connectivity index (χ1v) is 7.05. The molecule has 0 bridgehead atoms. The predicted octanol–water partition coefficient (Wildman–Crippen LogP) is 3.76. The lowest BCUT2D eigenvalue weighted by Gasteiger charge is -2.35. The van der Waals surface area contributed by atoms with Gasteiger partial charge >= 0.3 is 0 Å². The molecule has 0 aliphatic heterocycles. The molecule has 1 N–H and O–H groups in total. The monoisotopic (exact) mass is 247 g/mol. The van der Waals surface area contributed by atoms with Crippen molar-refractivity contribution >= 4 is 0 Å².